The third kappa shape index (κ3) is 1.17. The molecule has 0 aromatic carbocycles. The summed E-state index contributed by atoms with van der Waals surface area (Å²) in [6.45, 7) is 0. The fraction of sp³-hybridized carbons (Fsp3) is 0. The molecule has 58 valence electrons. The monoisotopic (exact) mass is 159 g/mol. The molecule has 0 aliphatic carbocycles. The number of hydrogen-bond donors (Lipinski definition) is 3. The van der Waals surface area contributed by atoms with Crippen molar-refractivity contribution in [2.45, 2.75) is 0 Å². The van der Waals surface area contributed by atoms with Gasteiger partial charge in [-0.25, -0.2) is 4.79 Å². The maximum Gasteiger partial charge on any atom is 0.133 e. The average molecular weight is 159 g/mol. The fourth-order valence-electron chi connectivity index (χ4n) is 0.812. The van der Waals surface area contributed by atoms with Crippen LogP contribution in [0.2, 0.25) is 0 Å². The van der Waals surface area contributed by atoms with Gasteiger partial charge in [0.2, 0.25) is 0 Å². The van der Waals surface area contributed by atoms with E-state index < -0.39 is 0 Å². The van der Waals surface area contributed by atoms with Crippen LogP contribution in [0.4, 0.5) is 0 Å². The van der Waals surface area contributed by atoms with Crippen molar-refractivity contribution in [3.8, 4) is 0 Å². The van der Waals surface area contributed by atoms with E-state index in [0.29, 0.717) is 0 Å². The van der Waals surface area contributed by atoms with E-state index >= 15 is 0 Å². The summed E-state index contributed by atoms with van der Waals surface area (Å²) in [6.07, 6.45) is 2.95. The number of nitrogens with one attached hydrogen (secondary N) is 3. The van der Waals surface area contributed by atoms with E-state index in [1.807, 2.05) is 5.87 Å². The number of hydrogen-bond acceptors (Lipinski definition) is 4. The van der Waals surface area contributed by atoms with Crippen molar-refractivity contribution in [3.63, 3.8) is 0 Å². The Balaban J connectivity index is 3.39. The molecule has 1 rings (SSSR count). The predicted molar refractivity (Wildman–Crippen MR) is 44.0 cm³/mol. The van der Waals surface area contributed by atoms with Crippen LogP contribution in [0.5, 0.6) is 0 Å². The molecule has 0 amide bonds. The Labute approximate surface area is 68.6 Å². The van der Waals surface area contributed by atoms with Crippen LogP contribution < -0.4 is 5.32 Å². The van der Waals surface area contributed by atoms with E-state index in [1.54, 1.807) is 5.94 Å². The van der Waals surface area contributed by atoms with E-state index in [9.17, 15) is 4.79 Å². The molecular weight excluding hydrogens is 154 g/mol. The number of rotatable bonds is 0. The summed E-state index contributed by atoms with van der Waals surface area (Å²) in [5.41, 5.74) is 0.673. The first kappa shape index (κ1) is 7.99. The van der Waals surface area contributed by atoms with Gasteiger partial charge in [-0.3, -0.25) is 10.8 Å². The van der Waals surface area contributed by atoms with Gasteiger partial charge in [0.25, 0.3) is 0 Å². The lowest BCUT2D eigenvalue weighted by Crippen LogP contribution is -2.14. The maximum absolute atomic E-state index is 10.3. The average Bonchev–Trinajstić information content (AvgIpc) is 2.16. The molecule has 0 saturated heterocycles. The molecule has 0 radical (unpaired) electrons. The molecular formula is C8H5N3O. The van der Waals surface area contributed by atoms with Crippen molar-refractivity contribution in [1.82, 2.24) is 5.32 Å². The molecule has 0 aromatic rings. The molecule has 3 N–H and O–H groups in total. The molecule has 1 aliphatic rings. The highest BCUT2D eigenvalue weighted by molar-refractivity contribution is 5.86. The lowest BCUT2D eigenvalue weighted by molar-refractivity contribution is 0.568. The van der Waals surface area contributed by atoms with Crippen LogP contribution in [0.3, 0.4) is 0 Å². The van der Waals surface area contributed by atoms with Crippen molar-refractivity contribution in [1.29, 1.82) is 10.8 Å². The quantitative estimate of drug-likeness (QED) is 0.348. The third-order valence-electron chi connectivity index (χ3n) is 1.36. The predicted octanol–water partition coefficient (Wildman–Crippen LogP) is 0.169. The Morgan fingerprint density at radius 3 is 2.58 bits per heavy atom. The van der Waals surface area contributed by atoms with E-state index in [4.69, 9.17) is 10.8 Å². The molecule has 0 bridgehead atoms. The molecule has 1 heterocycles. The summed E-state index contributed by atoms with van der Waals surface area (Å²) in [6, 6.07) is 0. The Hall–Kier alpha value is -2.11. The largest absolute Gasteiger partial charge is 0.353 e. The van der Waals surface area contributed by atoms with Gasteiger partial charge in [0.15, 0.2) is 0 Å². The zero-order valence-corrected chi connectivity index (χ0v) is 6.06. The highest BCUT2D eigenvalue weighted by atomic mass is 16.1. The normalized spacial score (nSPS) is 14.5. The molecule has 12 heavy (non-hydrogen) atoms. The molecule has 0 atom stereocenters. The zero-order chi connectivity index (χ0) is 8.97. The van der Waals surface area contributed by atoms with Crippen molar-refractivity contribution in [2.24, 2.45) is 0 Å². The molecule has 4 heteroatoms. The van der Waals surface area contributed by atoms with Crippen molar-refractivity contribution in [2.75, 3.05) is 0 Å². The fourth-order valence-corrected chi connectivity index (χ4v) is 0.812. The van der Waals surface area contributed by atoms with Crippen LogP contribution in [-0.4, -0.2) is 17.7 Å². The number of allylic oxidation sites excluding steroid dienone is 2. The second kappa shape index (κ2) is 3.33. The van der Waals surface area contributed by atoms with Crippen LogP contribution in [0, 0.1) is 10.8 Å². The van der Waals surface area contributed by atoms with E-state index in [2.05, 4.69) is 11.2 Å². The topological polar surface area (TPSA) is 76.8 Å². The van der Waals surface area contributed by atoms with Gasteiger partial charge >= 0.3 is 0 Å². The summed E-state index contributed by atoms with van der Waals surface area (Å²) < 4.78 is 0. The molecule has 0 unspecified atom stereocenters. The van der Waals surface area contributed by atoms with Gasteiger partial charge in [-0.1, -0.05) is 0 Å². The van der Waals surface area contributed by atoms with Crippen molar-refractivity contribution >= 4 is 17.7 Å². The van der Waals surface area contributed by atoms with Crippen molar-refractivity contribution < 1.29 is 4.79 Å². The number of carbonyl (C=O) groups excluding carboxylic acids is 1. The Morgan fingerprint density at radius 1 is 1.33 bits per heavy atom. The van der Waals surface area contributed by atoms with Crippen LogP contribution in [0.15, 0.2) is 29.1 Å². The molecule has 1 aliphatic heterocycles. The highest BCUT2D eigenvalue weighted by Gasteiger charge is 2.12. The minimum atomic E-state index is 0.207. The van der Waals surface area contributed by atoms with Gasteiger partial charge in [-0.2, -0.15) is 0 Å². The lowest BCUT2D eigenvalue weighted by Gasteiger charge is -2.09. The van der Waals surface area contributed by atoms with Gasteiger partial charge < -0.3 is 5.32 Å². The van der Waals surface area contributed by atoms with Crippen LogP contribution in [-0.2, 0) is 4.79 Å². The Morgan fingerprint density at radius 2 is 2.08 bits per heavy atom. The Kier molecular flexibility index (Phi) is 2.22. The molecule has 0 spiro atoms. The molecule has 0 saturated carbocycles. The van der Waals surface area contributed by atoms with E-state index in [-0.39, 0.29) is 16.8 Å². The van der Waals surface area contributed by atoms with E-state index in [0.717, 1.165) is 0 Å². The lowest BCUT2D eigenvalue weighted by atomic mass is 10.0. The van der Waals surface area contributed by atoms with Gasteiger partial charge in [0, 0.05) is 12.1 Å². The second-order valence-electron chi connectivity index (χ2n) is 1.99. The summed E-state index contributed by atoms with van der Waals surface area (Å²) >= 11 is 0. The summed E-state index contributed by atoms with van der Waals surface area (Å²) in [5, 5.41) is 16.3. The van der Waals surface area contributed by atoms with Crippen molar-refractivity contribution in [3.05, 3.63) is 29.1 Å². The van der Waals surface area contributed by atoms with Crippen LogP contribution >= 0.6 is 0 Å². The first-order chi connectivity index (χ1) is 5.83. The van der Waals surface area contributed by atoms with Gasteiger partial charge in [0.1, 0.15) is 11.6 Å². The summed E-state index contributed by atoms with van der Waals surface area (Å²) in [7, 11) is 0. The molecule has 0 fully saturated rings. The standard InChI is InChI=1S/C8H5N3O/c9-3-7-6(5-12)1-2-11-8(7)4-10/h1-2,9-11H. The molecule has 4 nitrogen and oxygen atoms in total. The van der Waals surface area contributed by atoms with E-state index in [1.165, 1.54) is 12.3 Å². The van der Waals surface area contributed by atoms with Gasteiger partial charge in [0.05, 0.1) is 11.1 Å². The molecule has 0 aromatic heterocycles. The first-order valence-electron chi connectivity index (χ1n) is 3.11. The Bertz CT molecular complexity index is 387. The minimum Gasteiger partial charge on any atom is -0.353 e. The maximum atomic E-state index is 10.3. The highest BCUT2D eigenvalue weighted by Crippen LogP contribution is 2.14. The smallest absolute Gasteiger partial charge is 0.133 e. The minimum absolute atomic E-state index is 0.207. The summed E-state index contributed by atoms with van der Waals surface area (Å²) in [4.78, 5) is 10.3. The van der Waals surface area contributed by atoms with Gasteiger partial charge in [-0.15, -0.1) is 0 Å². The SMILES string of the molecule is N=C=C1NC=CC(=C=O)C1=C=N. The second-order valence-corrected chi connectivity index (χ2v) is 1.99. The van der Waals surface area contributed by atoms with Gasteiger partial charge in [-0.05, 0) is 11.9 Å². The third-order valence-corrected chi connectivity index (χ3v) is 1.36. The van der Waals surface area contributed by atoms with Crippen LogP contribution in [0.1, 0.15) is 0 Å². The summed E-state index contributed by atoms with van der Waals surface area (Å²) in [5.74, 6) is 5.74. The zero-order valence-electron chi connectivity index (χ0n) is 6.06. The first-order valence-corrected chi connectivity index (χ1v) is 3.11. The van der Waals surface area contributed by atoms with Crippen LogP contribution in [0.25, 0.3) is 0 Å².